The number of carbonyl (C=O) groups excluding carboxylic acids is 1. The van der Waals surface area contributed by atoms with Crippen molar-refractivity contribution in [2.75, 3.05) is 13.2 Å². The van der Waals surface area contributed by atoms with Gasteiger partial charge in [-0.05, 0) is 37.8 Å². The van der Waals surface area contributed by atoms with Gasteiger partial charge in [0.15, 0.2) is 0 Å². The Labute approximate surface area is 140 Å². The molecule has 2 unspecified atom stereocenters. The van der Waals surface area contributed by atoms with Crippen molar-refractivity contribution in [2.24, 2.45) is 5.92 Å². The van der Waals surface area contributed by atoms with Crippen molar-refractivity contribution in [1.29, 1.82) is 0 Å². The van der Waals surface area contributed by atoms with Crippen molar-refractivity contribution in [3.05, 3.63) is 41.0 Å². The summed E-state index contributed by atoms with van der Waals surface area (Å²) in [5.74, 6) is 0.0718. The molecule has 1 aromatic carbocycles. The molecule has 0 spiro atoms. The molecular formula is C17H20ClN3O2. The number of H-pyrrole nitrogens is 1. The van der Waals surface area contributed by atoms with Crippen LogP contribution < -0.4 is 0 Å². The number of amides is 1. The van der Waals surface area contributed by atoms with Crippen molar-refractivity contribution in [3.8, 4) is 11.3 Å². The zero-order chi connectivity index (χ0) is 16.4. The summed E-state index contributed by atoms with van der Waals surface area (Å²) in [5.41, 5.74) is 1.90. The van der Waals surface area contributed by atoms with Crippen molar-refractivity contribution in [3.63, 3.8) is 0 Å². The van der Waals surface area contributed by atoms with Crippen LogP contribution in [0.2, 0.25) is 5.02 Å². The van der Waals surface area contributed by atoms with Crippen LogP contribution in [0.1, 0.15) is 30.3 Å². The lowest BCUT2D eigenvalue weighted by molar-refractivity contribution is 0.0483. The third-order valence-corrected chi connectivity index (χ3v) is 4.79. The minimum absolute atomic E-state index is 0.0820. The Bertz CT molecular complexity index is 701. The van der Waals surface area contributed by atoms with E-state index in [4.69, 9.17) is 11.6 Å². The van der Waals surface area contributed by atoms with Crippen LogP contribution in [0.25, 0.3) is 11.3 Å². The molecule has 1 aliphatic rings. The summed E-state index contributed by atoms with van der Waals surface area (Å²) in [6.45, 7) is 2.73. The molecule has 2 N–H and O–H groups in total. The van der Waals surface area contributed by atoms with Crippen LogP contribution in [0.3, 0.4) is 0 Å². The van der Waals surface area contributed by atoms with Crippen LogP contribution in [-0.4, -0.2) is 45.3 Å². The summed E-state index contributed by atoms with van der Waals surface area (Å²) < 4.78 is 0. The third kappa shape index (κ3) is 3.26. The lowest BCUT2D eigenvalue weighted by Crippen LogP contribution is -2.46. The van der Waals surface area contributed by atoms with Gasteiger partial charge in [-0.25, -0.2) is 0 Å². The summed E-state index contributed by atoms with van der Waals surface area (Å²) in [4.78, 5) is 14.6. The maximum Gasteiger partial charge on any atom is 0.272 e. The number of aliphatic hydroxyl groups is 1. The second-order valence-electron chi connectivity index (χ2n) is 6.08. The smallest absolute Gasteiger partial charge is 0.272 e. The second kappa shape index (κ2) is 6.72. The quantitative estimate of drug-likeness (QED) is 0.907. The van der Waals surface area contributed by atoms with Gasteiger partial charge in [0, 0.05) is 24.8 Å². The highest BCUT2D eigenvalue weighted by Crippen LogP contribution is 2.28. The number of aromatic nitrogens is 2. The predicted molar refractivity (Wildman–Crippen MR) is 89.3 cm³/mol. The zero-order valence-electron chi connectivity index (χ0n) is 13.0. The first kappa shape index (κ1) is 16.0. The molecular weight excluding hydrogens is 314 g/mol. The van der Waals surface area contributed by atoms with Crippen molar-refractivity contribution < 1.29 is 9.90 Å². The maximum atomic E-state index is 12.7. The Balaban J connectivity index is 1.82. The second-order valence-corrected chi connectivity index (χ2v) is 6.49. The van der Waals surface area contributed by atoms with Crippen molar-refractivity contribution in [1.82, 2.24) is 15.1 Å². The number of nitrogens with zero attached hydrogens (tertiary/aromatic N) is 2. The molecule has 0 bridgehead atoms. The molecule has 1 aromatic heterocycles. The number of aliphatic hydroxyl groups excluding tert-OH is 1. The van der Waals surface area contributed by atoms with Gasteiger partial charge in [0.25, 0.3) is 5.91 Å². The van der Waals surface area contributed by atoms with E-state index < -0.39 is 0 Å². The van der Waals surface area contributed by atoms with Gasteiger partial charge in [0.2, 0.25) is 0 Å². The van der Waals surface area contributed by atoms with Crippen LogP contribution in [0.15, 0.2) is 30.3 Å². The van der Waals surface area contributed by atoms with Gasteiger partial charge in [0.05, 0.1) is 10.7 Å². The summed E-state index contributed by atoms with van der Waals surface area (Å²) in [5, 5.41) is 17.0. The standard InChI is InChI=1S/C17H20ClN3O2/c1-11-6-7-12(10-22)9-21(11)17(23)16-8-15(19-20-16)13-4-2-3-5-14(13)18/h2-5,8,11-12,22H,6-7,9-10H2,1H3,(H,19,20). The highest BCUT2D eigenvalue weighted by atomic mass is 35.5. The van der Waals surface area contributed by atoms with E-state index in [2.05, 4.69) is 10.2 Å². The monoisotopic (exact) mass is 333 g/mol. The molecule has 0 radical (unpaired) electrons. The fourth-order valence-corrected chi connectivity index (χ4v) is 3.24. The highest BCUT2D eigenvalue weighted by molar-refractivity contribution is 6.33. The number of carbonyl (C=O) groups is 1. The van der Waals surface area contributed by atoms with Gasteiger partial charge in [-0.1, -0.05) is 29.8 Å². The van der Waals surface area contributed by atoms with E-state index in [0.29, 0.717) is 23.0 Å². The normalized spacial score (nSPS) is 21.4. The van der Waals surface area contributed by atoms with E-state index in [0.717, 1.165) is 18.4 Å². The van der Waals surface area contributed by atoms with Gasteiger partial charge in [-0.3, -0.25) is 9.89 Å². The first-order chi connectivity index (χ1) is 11.1. The fraction of sp³-hybridized carbons (Fsp3) is 0.412. The number of benzene rings is 1. The average molecular weight is 334 g/mol. The molecule has 5 nitrogen and oxygen atoms in total. The summed E-state index contributed by atoms with van der Waals surface area (Å²) in [6.07, 6.45) is 1.86. The molecule has 2 heterocycles. The minimum Gasteiger partial charge on any atom is -0.396 e. The average Bonchev–Trinajstić information content (AvgIpc) is 3.05. The van der Waals surface area contributed by atoms with Gasteiger partial charge in [-0.15, -0.1) is 0 Å². The van der Waals surface area contributed by atoms with E-state index in [1.54, 1.807) is 12.1 Å². The van der Waals surface area contributed by atoms with Crippen LogP contribution in [0, 0.1) is 5.92 Å². The van der Waals surface area contributed by atoms with Gasteiger partial charge < -0.3 is 10.0 Å². The predicted octanol–water partition coefficient (Wildman–Crippen LogP) is 2.96. The number of nitrogens with one attached hydrogen (secondary N) is 1. The Morgan fingerprint density at radius 2 is 2.22 bits per heavy atom. The largest absolute Gasteiger partial charge is 0.396 e. The Hall–Kier alpha value is -1.85. The first-order valence-corrected chi connectivity index (χ1v) is 8.20. The van der Waals surface area contributed by atoms with Gasteiger partial charge >= 0.3 is 0 Å². The Morgan fingerprint density at radius 1 is 1.43 bits per heavy atom. The molecule has 1 amide bonds. The number of piperidine rings is 1. The first-order valence-electron chi connectivity index (χ1n) is 7.82. The van der Waals surface area contributed by atoms with E-state index in [-0.39, 0.29) is 24.5 Å². The van der Waals surface area contributed by atoms with E-state index >= 15 is 0 Å². The molecule has 2 aromatic rings. The molecule has 1 aliphatic heterocycles. The molecule has 6 heteroatoms. The summed E-state index contributed by atoms with van der Waals surface area (Å²) >= 11 is 6.18. The van der Waals surface area contributed by atoms with Crippen LogP contribution in [0.5, 0.6) is 0 Å². The van der Waals surface area contributed by atoms with E-state index in [9.17, 15) is 9.90 Å². The SMILES string of the molecule is CC1CCC(CO)CN1C(=O)c1cc(-c2ccccc2Cl)n[nH]1. The summed E-state index contributed by atoms with van der Waals surface area (Å²) in [6, 6.07) is 9.31. The van der Waals surface area contributed by atoms with Crippen molar-refractivity contribution >= 4 is 17.5 Å². The molecule has 2 atom stereocenters. The molecule has 1 saturated heterocycles. The number of hydrogen-bond acceptors (Lipinski definition) is 3. The van der Waals surface area contributed by atoms with Crippen molar-refractivity contribution in [2.45, 2.75) is 25.8 Å². The molecule has 122 valence electrons. The third-order valence-electron chi connectivity index (χ3n) is 4.46. The molecule has 23 heavy (non-hydrogen) atoms. The Morgan fingerprint density at radius 3 is 2.96 bits per heavy atom. The van der Waals surface area contributed by atoms with Gasteiger partial charge in [0.1, 0.15) is 5.69 Å². The maximum absolute atomic E-state index is 12.7. The topological polar surface area (TPSA) is 69.2 Å². The lowest BCUT2D eigenvalue weighted by atomic mass is 9.94. The molecule has 3 rings (SSSR count). The lowest BCUT2D eigenvalue weighted by Gasteiger charge is -2.37. The van der Waals surface area contributed by atoms with Crippen LogP contribution in [-0.2, 0) is 0 Å². The van der Waals surface area contributed by atoms with Gasteiger partial charge in [-0.2, -0.15) is 5.10 Å². The molecule has 0 aliphatic carbocycles. The highest BCUT2D eigenvalue weighted by Gasteiger charge is 2.30. The fourth-order valence-electron chi connectivity index (χ4n) is 3.01. The number of hydrogen-bond donors (Lipinski definition) is 2. The number of likely N-dealkylation sites (tertiary alicyclic amines) is 1. The molecule has 0 saturated carbocycles. The van der Waals surface area contributed by atoms with Crippen LogP contribution >= 0.6 is 11.6 Å². The van der Waals surface area contributed by atoms with E-state index in [1.165, 1.54) is 0 Å². The summed E-state index contributed by atoms with van der Waals surface area (Å²) in [7, 11) is 0. The minimum atomic E-state index is -0.0820. The molecule has 1 fully saturated rings. The zero-order valence-corrected chi connectivity index (χ0v) is 13.8. The number of halogens is 1. The Kier molecular flexibility index (Phi) is 4.68. The van der Waals surface area contributed by atoms with Crippen LogP contribution in [0.4, 0.5) is 0 Å². The number of rotatable bonds is 3. The number of aromatic amines is 1. The van der Waals surface area contributed by atoms with E-state index in [1.807, 2.05) is 30.0 Å².